The summed E-state index contributed by atoms with van der Waals surface area (Å²) in [5.74, 6) is 0.577. The molecule has 2 rings (SSSR count). The van der Waals surface area contributed by atoms with E-state index >= 15 is 0 Å². The highest BCUT2D eigenvalue weighted by Gasteiger charge is 2.23. The minimum Gasteiger partial charge on any atom is -0.395 e. The molecule has 94 valence electrons. The Morgan fingerprint density at radius 1 is 1.65 bits per heavy atom. The standard InChI is InChI=1S/C9H11IN2O4S/c10-6-1-12(9(15)11-8(6)14)7-4-17-5(2-13)3-16-7/h1,5,7,13H,2-4H2,(H,11,14,15). The first-order valence-corrected chi connectivity index (χ1v) is 7.09. The molecule has 1 fully saturated rings. The van der Waals surface area contributed by atoms with E-state index in [-0.39, 0.29) is 23.6 Å². The minimum absolute atomic E-state index is 0.0591. The van der Waals surface area contributed by atoms with Crippen LogP contribution in [0, 0.1) is 3.57 Å². The number of hydrogen-bond donors (Lipinski definition) is 2. The van der Waals surface area contributed by atoms with Crippen LogP contribution < -0.4 is 11.2 Å². The van der Waals surface area contributed by atoms with Gasteiger partial charge in [-0.3, -0.25) is 14.3 Å². The molecule has 0 aromatic carbocycles. The number of hydrogen-bond acceptors (Lipinski definition) is 5. The number of ether oxygens (including phenoxy) is 1. The maximum Gasteiger partial charge on any atom is 0.330 e. The fourth-order valence-electron chi connectivity index (χ4n) is 1.47. The van der Waals surface area contributed by atoms with Crippen LogP contribution in [0.2, 0.25) is 0 Å². The van der Waals surface area contributed by atoms with Gasteiger partial charge in [0.25, 0.3) is 5.56 Å². The number of H-pyrrole nitrogens is 1. The summed E-state index contributed by atoms with van der Waals surface area (Å²) in [5, 5.41) is 9.02. The van der Waals surface area contributed by atoms with E-state index in [1.807, 2.05) is 22.6 Å². The van der Waals surface area contributed by atoms with Crippen LogP contribution in [-0.2, 0) is 4.74 Å². The van der Waals surface area contributed by atoms with E-state index in [0.29, 0.717) is 15.9 Å². The van der Waals surface area contributed by atoms with Crippen molar-refractivity contribution in [1.29, 1.82) is 0 Å². The van der Waals surface area contributed by atoms with E-state index in [0.717, 1.165) is 0 Å². The average molecular weight is 370 g/mol. The molecule has 0 aliphatic carbocycles. The molecular formula is C9H11IN2O4S. The van der Waals surface area contributed by atoms with Crippen LogP contribution in [0.3, 0.4) is 0 Å². The van der Waals surface area contributed by atoms with E-state index in [1.165, 1.54) is 10.8 Å². The Kier molecular flexibility index (Phi) is 4.28. The highest BCUT2D eigenvalue weighted by molar-refractivity contribution is 14.1. The molecule has 1 aromatic heterocycles. The lowest BCUT2D eigenvalue weighted by Gasteiger charge is -2.28. The molecule has 8 heteroatoms. The Balaban J connectivity index is 2.22. The van der Waals surface area contributed by atoms with Gasteiger partial charge in [-0.1, -0.05) is 0 Å². The lowest BCUT2D eigenvalue weighted by atomic mass is 10.4. The topological polar surface area (TPSA) is 84.3 Å². The van der Waals surface area contributed by atoms with Gasteiger partial charge in [-0.2, -0.15) is 0 Å². The van der Waals surface area contributed by atoms with Gasteiger partial charge in [0.2, 0.25) is 0 Å². The predicted molar refractivity (Wildman–Crippen MR) is 72.4 cm³/mol. The fraction of sp³-hybridized carbons (Fsp3) is 0.556. The molecular weight excluding hydrogens is 359 g/mol. The second kappa shape index (κ2) is 5.55. The van der Waals surface area contributed by atoms with Gasteiger partial charge in [0.1, 0.15) is 6.23 Å². The van der Waals surface area contributed by atoms with Crippen molar-refractivity contribution >= 4 is 34.4 Å². The maximum atomic E-state index is 11.6. The SMILES string of the molecule is O=c1[nH]c(=O)n(C2CSC(CO)CO2)cc1I. The second-order valence-electron chi connectivity index (χ2n) is 3.57. The molecule has 1 saturated heterocycles. The highest BCUT2D eigenvalue weighted by Crippen LogP contribution is 2.25. The molecule has 1 aliphatic heterocycles. The van der Waals surface area contributed by atoms with Crippen LogP contribution in [0.15, 0.2) is 15.8 Å². The van der Waals surface area contributed by atoms with Gasteiger partial charge in [0, 0.05) is 11.9 Å². The molecule has 2 heterocycles. The zero-order chi connectivity index (χ0) is 12.4. The number of aromatic nitrogens is 2. The average Bonchev–Trinajstić information content (AvgIpc) is 2.34. The van der Waals surface area contributed by atoms with Crippen molar-refractivity contribution in [3.8, 4) is 0 Å². The summed E-state index contributed by atoms with van der Waals surface area (Å²) >= 11 is 3.42. The first-order chi connectivity index (χ1) is 8.11. The molecule has 0 spiro atoms. The molecule has 2 N–H and O–H groups in total. The molecule has 0 bridgehead atoms. The van der Waals surface area contributed by atoms with E-state index in [2.05, 4.69) is 4.98 Å². The molecule has 0 radical (unpaired) electrons. The zero-order valence-electron chi connectivity index (χ0n) is 8.76. The van der Waals surface area contributed by atoms with Crippen LogP contribution in [0.4, 0.5) is 0 Å². The van der Waals surface area contributed by atoms with Crippen molar-refractivity contribution in [2.45, 2.75) is 11.5 Å². The fourth-order valence-corrected chi connectivity index (χ4v) is 2.88. The van der Waals surface area contributed by atoms with E-state index in [1.54, 1.807) is 11.8 Å². The number of rotatable bonds is 2. The first-order valence-electron chi connectivity index (χ1n) is 4.97. The molecule has 0 amide bonds. The van der Waals surface area contributed by atoms with E-state index in [4.69, 9.17) is 9.84 Å². The third-order valence-corrected chi connectivity index (χ3v) is 4.39. The third-order valence-electron chi connectivity index (χ3n) is 2.39. The Bertz CT molecular complexity index is 506. The molecule has 0 saturated carbocycles. The Morgan fingerprint density at radius 2 is 2.41 bits per heavy atom. The summed E-state index contributed by atoms with van der Waals surface area (Å²) in [6.45, 7) is 0.462. The van der Waals surface area contributed by atoms with Gasteiger partial charge < -0.3 is 9.84 Å². The summed E-state index contributed by atoms with van der Waals surface area (Å²) in [7, 11) is 0. The summed E-state index contributed by atoms with van der Waals surface area (Å²) in [5.41, 5.74) is -0.855. The molecule has 6 nitrogen and oxygen atoms in total. The number of halogens is 1. The normalized spacial score (nSPS) is 24.8. The number of nitrogens with one attached hydrogen (secondary N) is 1. The first kappa shape index (κ1) is 13.1. The van der Waals surface area contributed by atoms with Crippen LogP contribution >= 0.6 is 34.4 Å². The Labute approximate surface area is 115 Å². The Morgan fingerprint density at radius 3 is 3.00 bits per heavy atom. The van der Waals surface area contributed by atoms with Crippen LogP contribution in [0.25, 0.3) is 0 Å². The third kappa shape index (κ3) is 2.92. The summed E-state index contributed by atoms with van der Waals surface area (Å²) in [6, 6.07) is 0. The van der Waals surface area contributed by atoms with Gasteiger partial charge in [-0.05, 0) is 22.6 Å². The molecule has 17 heavy (non-hydrogen) atoms. The Hall–Kier alpha value is -0.320. The van der Waals surface area contributed by atoms with Gasteiger partial charge in [0.05, 0.1) is 22.0 Å². The number of aromatic amines is 1. The zero-order valence-corrected chi connectivity index (χ0v) is 11.7. The van der Waals surface area contributed by atoms with Gasteiger partial charge in [-0.15, -0.1) is 11.8 Å². The summed E-state index contributed by atoms with van der Waals surface area (Å²) in [6.07, 6.45) is 1.10. The lowest BCUT2D eigenvalue weighted by molar-refractivity contribution is 0.00460. The lowest BCUT2D eigenvalue weighted by Crippen LogP contribution is -2.38. The number of thioether (sulfide) groups is 1. The van der Waals surface area contributed by atoms with Gasteiger partial charge in [-0.25, -0.2) is 4.79 Å². The molecule has 1 aromatic rings. The summed E-state index contributed by atoms with van der Waals surface area (Å²) in [4.78, 5) is 25.1. The second-order valence-corrected chi connectivity index (χ2v) is 6.07. The van der Waals surface area contributed by atoms with Gasteiger partial charge >= 0.3 is 5.69 Å². The highest BCUT2D eigenvalue weighted by atomic mass is 127. The van der Waals surface area contributed by atoms with Crippen molar-refractivity contribution in [3.63, 3.8) is 0 Å². The van der Waals surface area contributed by atoms with Crippen molar-refractivity contribution in [3.05, 3.63) is 30.6 Å². The maximum absolute atomic E-state index is 11.6. The smallest absolute Gasteiger partial charge is 0.330 e. The molecule has 1 aliphatic rings. The summed E-state index contributed by atoms with van der Waals surface area (Å²) < 4.78 is 7.32. The quantitative estimate of drug-likeness (QED) is 0.703. The van der Waals surface area contributed by atoms with Crippen LogP contribution in [0.1, 0.15) is 6.23 Å². The minimum atomic E-state index is -0.469. The van der Waals surface area contributed by atoms with Crippen molar-refractivity contribution in [1.82, 2.24) is 9.55 Å². The number of nitrogens with zero attached hydrogens (tertiary/aromatic N) is 1. The van der Waals surface area contributed by atoms with Crippen molar-refractivity contribution in [2.75, 3.05) is 19.0 Å². The van der Waals surface area contributed by atoms with Crippen LogP contribution in [0.5, 0.6) is 0 Å². The largest absolute Gasteiger partial charge is 0.395 e. The van der Waals surface area contributed by atoms with E-state index in [9.17, 15) is 9.59 Å². The number of aliphatic hydroxyl groups excluding tert-OH is 1. The van der Waals surface area contributed by atoms with Crippen molar-refractivity contribution in [2.24, 2.45) is 0 Å². The molecule has 2 unspecified atom stereocenters. The monoisotopic (exact) mass is 370 g/mol. The molecule has 2 atom stereocenters. The van der Waals surface area contributed by atoms with Gasteiger partial charge in [0.15, 0.2) is 0 Å². The van der Waals surface area contributed by atoms with E-state index < -0.39 is 5.69 Å². The number of aliphatic hydroxyl groups is 1. The predicted octanol–water partition coefficient (Wildman–Crippen LogP) is -0.236. The van der Waals surface area contributed by atoms with Crippen LogP contribution in [-0.4, -0.2) is 38.9 Å². The van der Waals surface area contributed by atoms with Crippen molar-refractivity contribution < 1.29 is 9.84 Å².